The van der Waals surface area contributed by atoms with E-state index in [0.29, 0.717) is 25.8 Å². The number of amides is 1. The van der Waals surface area contributed by atoms with Crippen LogP contribution in [0.25, 0.3) is 0 Å². The van der Waals surface area contributed by atoms with Crippen molar-refractivity contribution in [1.82, 2.24) is 9.62 Å². The molecule has 1 saturated carbocycles. The summed E-state index contributed by atoms with van der Waals surface area (Å²) in [6, 6.07) is -0.261. The van der Waals surface area contributed by atoms with E-state index >= 15 is 0 Å². The Morgan fingerprint density at radius 3 is 2.53 bits per heavy atom. The molecular formula is C11H18N2O5S. The van der Waals surface area contributed by atoms with E-state index in [1.54, 1.807) is 0 Å². The van der Waals surface area contributed by atoms with Crippen molar-refractivity contribution in [3.05, 3.63) is 0 Å². The fraction of sp³-hybridized carbons (Fsp3) is 0.818. The molecule has 0 bridgehead atoms. The van der Waals surface area contributed by atoms with Crippen molar-refractivity contribution in [2.75, 3.05) is 19.3 Å². The van der Waals surface area contributed by atoms with E-state index in [-0.39, 0.29) is 12.6 Å². The second-order valence-electron chi connectivity index (χ2n) is 5.27. The monoisotopic (exact) mass is 290 g/mol. The number of rotatable bonds is 5. The molecule has 19 heavy (non-hydrogen) atoms. The summed E-state index contributed by atoms with van der Waals surface area (Å²) in [5, 5.41) is 11.6. The third-order valence-corrected chi connectivity index (χ3v) is 5.17. The van der Waals surface area contributed by atoms with Crippen LogP contribution in [0.1, 0.15) is 25.7 Å². The lowest BCUT2D eigenvalue weighted by atomic mass is 10.1. The summed E-state index contributed by atoms with van der Waals surface area (Å²) in [5.41, 5.74) is -1.27. The lowest BCUT2D eigenvalue weighted by Gasteiger charge is -2.23. The molecule has 0 aromatic heterocycles. The van der Waals surface area contributed by atoms with Crippen molar-refractivity contribution in [3.8, 4) is 0 Å². The van der Waals surface area contributed by atoms with Crippen LogP contribution in [0.5, 0.6) is 0 Å². The zero-order valence-corrected chi connectivity index (χ0v) is 11.6. The van der Waals surface area contributed by atoms with Crippen LogP contribution in [-0.2, 0) is 19.6 Å². The van der Waals surface area contributed by atoms with Gasteiger partial charge in [0, 0.05) is 19.1 Å². The van der Waals surface area contributed by atoms with E-state index < -0.39 is 27.3 Å². The summed E-state index contributed by atoms with van der Waals surface area (Å²) in [6.45, 7) is 0.643. The number of hydrogen-bond donors (Lipinski definition) is 2. The number of carbonyl (C=O) groups is 2. The molecule has 8 heteroatoms. The summed E-state index contributed by atoms with van der Waals surface area (Å²) in [5.74, 6) is -1.60. The highest BCUT2D eigenvalue weighted by Gasteiger charge is 2.57. The zero-order valence-electron chi connectivity index (χ0n) is 10.8. The fourth-order valence-electron chi connectivity index (χ4n) is 2.49. The highest BCUT2D eigenvalue weighted by atomic mass is 32.2. The third-order valence-electron chi connectivity index (χ3n) is 3.84. The van der Waals surface area contributed by atoms with Crippen LogP contribution in [-0.4, -0.2) is 55.1 Å². The van der Waals surface area contributed by atoms with Crippen LogP contribution in [0.2, 0.25) is 0 Å². The molecule has 1 amide bonds. The summed E-state index contributed by atoms with van der Waals surface area (Å²) in [6.07, 6.45) is 3.31. The smallest absolute Gasteiger partial charge is 0.319 e. The van der Waals surface area contributed by atoms with E-state index in [2.05, 4.69) is 5.32 Å². The van der Waals surface area contributed by atoms with Gasteiger partial charge in [-0.3, -0.25) is 9.59 Å². The average molecular weight is 290 g/mol. The Balaban J connectivity index is 1.93. The van der Waals surface area contributed by atoms with E-state index in [0.717, 1.165) is 12.7 Å². The van der Waals surface area contributed by atoms with Crippen LogP contribution in [0.15, 0.2) is 0 Å². The van der Waals surface area contributed by atoms with Gasteiger partial charge in [-0.25, -0.2) is 8.42 Å². The molecular weight excluding hydrogens is 272 g/mol. The summed E-state index contributed by atoms with van der Waals surface area (Å²) < 4.78 is 24.4. The zero-order chi connectivity index (χ0) is 14.3. The Bertz CT molecular complexity index is 497. The SMILES string of the molecule is CS(=O)(=O)N1CCC[C@@H]1CNC(=O)C1(C(=O)O)CC1. The number of carboxylic acid groups (broad SMARTS) is 1. The quantitative estimate of drug-likeness (QED) is 0.657. The number of sulfonamides is 1. The van der Waals surface area contributed by atoms with Gasteiger partial charge >= 0.3 is 5.97 Å². The van der Waals surface area contributed by atoms with Gasteiger partial charge in [0.05, 0.1) is 6.26 Å². The predicted molar refractivity (Wildman–Crippen MR) is 66.9 cm³/mol. The first-order chi connectivity index (χ1) is 8.77. The molecule has 2 aliphatic rings. The molecule has 0 unspecified atom stereocenters. The van der Waals surface area contributed by atoms with Gasteiger partial charge in [0.2, 0.25) is 15.9 Å². The van der Waals surface area contributed by atoms with Gasteiger partial charge in [0.15, 0.2) is 0 Å². The number of nitrogens with zero attached hydrogens (tertiary/aromatic N) is 1. The highest BCUT2D eigenvalue weighted by molar-refractivity contribution is 7.88. The van der Waals surface area contributed by atoms with Crippen molar-refractivity contribution in [1.29, 1.82) is 0 Å². The van der Waals surface area contributed by atoms with Crippen LogP contribution >= 0.6 is 0 Å². The van der Waals surface area contributed by atoms with Crippen LogP contribution in [0.4, 0.5) is 0 Å². The van der Waals surface area contributed by atoms with Gasteiger partial charge in [-0.1, -0.05) is 0 Å². The van der Waals surface area contributed by atoms with Gasteiger partial charge in [-0.2, -0.15) is 4.31 Å². The largest absolute Gasteiger partial charge is 0.480 e. The maximum Gasteiger partial charge on any atom is 0.319 e. The molecule has 1 aliphatic heterocycles. The fourth-order valence-corrected chi connectivity index (χ4v) is 3.67. The van der Waals surface area contributed by atoms with Crippen molar-refractivity contribution in [2.45, 2.75) is 31.7 Å². The molecule has 0 aromatic rings. The van der Waals surface area contributed by atoms with E-state index in [1.807, 2.05) is 0 Å². The predicted octanol–water partition coefficient (Wildman–Crippen LogP) is -0.609. The molecule has 1 saturated heterocycles. The number of nitrogens with one attached hydrogen (secondary N) is 1. The van der Waals surface area contributed by atoms with Crippen molar-refractivity contribution in [3.63, 3.8) is 0 Å². The number of aliphatic carboxylic acids is 1. The second-order valence-corrected chi connectivity index (χ2v) is 7.20. The van der Waals surface area contributed by atoms with E-state index in [9.17, 15) is 18.0 Å². The maximum absolute atomic E-state index is 11.8. The Morgan fingerprint density at radius 2 is 2.05 bits per heavy atom. The van der Waals surface area contributed by atoms with E-state index in [4.69, 9.17) is 5.11 Å². The van der Waals surface area contributed by atoms with Crippen molar-refractivity contribution < 1.29 is 23.1 Å². The van der Waals surface area contributed by atoms with Gasteiger partial charge in [-0.15, -0.1) is 0 Å². The summed E-state index contributed by atoms with van der Waals surface area (Å²) in [4.78, 5) is 22.8. The van der Waals surface area contributed by atoms with Crippen LogP contribution in [0.3, 0.4) is 0 Å². The summed E-state index contributed by atoms with van der Waals surface area (Å²) >= 11 is 0. The Kier molecular flexibility index (Phi) is 3.57. The van der Waals surface area contributed by atoms with Crippen molar-refractivity contribution in [2.24, 2.45) is 5.41 Å². The van der Waals surface area contributed by atoms with Gasteiger partial charge in [0.1, 0.15) is 5.41 Å². The number of carbonyl (C=O) groups excluding carboxylic acids is 1. The van der Waals surface area contributed by atoms with Crippen LogP contribution < -0.4 is 5.32 Å². The standard InChI is InChI=1S/C11H18N2O5S/c1-19(17,18)13-6-2-3-8(13)7-12-9(14)11(4-5-11)10(15)16/h8H,2-7H2,1H3,(H,12,14)(H,15,16)/t8-/m1/s1. The molecule has 2 N–H and O–H groups in total. The minimum atomic E-state index is -3.27. The Hall–Kier alpha value is -1.15. The molecule has 1 aliphatic carbocycles. The molecule has 0 spiro atoms. The molecule has 2 rings (SSSR count). The normalized spacial score (nSPS) is 26.1. The highest BCUT2D eigenvalue weighted by Crippen LogP contribution is 2.46. The Morgan fingerprint density at radius 1 is 1.42 bits per heavy atom. The third kappa shape index (κ3) is 2.74. The Labute approximate surface area is 112 Å². The first-order valence-corrected chi connectivity index (χ1v) is 8.11. The van der Waals surface area contributed by atoms with Gasteiger partial charge < -0.3 is 10.4 Å². The molecule has 108 valence electrons. The first kappa shape index (κ1) is 14.3. The lowest BCUT2D eigenvalue weighted by molar-refractivity contribution is -0.149. The molecule has 0 radical (unpaired) electrons. The first-order valence-electron chi connectivity index (χ1n) is 6.26. The topological polar surface area (TPSA) is 104 Å². The van der Waals surface area contributed by atoms with Gasteiger partial charge in [-0.05, 0) is 25.7 Å². The summed E-state index contributed by atoms with van der Waals surface area (Å²) in [7, 11) is -3.27. The van der Waals surface area contributed by atoms with Crippen molar-refractivity contribution >= 4 is 21.9 Å². The minimum absolute atomic E-state index is 0.181. The molecule has 0 aromatic carbocycles. The second kappa shape index (κ2) is 4.75. The molecule has 2 fully saturated rings. The lowest BCUT2D eigenvalue weighted by Crippen LogP contribution is -2.45. The van der Waals surface area contributed by atoms with E-state index in [1.165, 1.54) is 4.31 Å². The maximum atomic E-state index is 11.8. The number of carboxylic acids is 1. The molecule has 7 nitrogen and oxygen atoms in total. The molecule has 1 heterocycles. The van der Waals surface area contributed by atoms with Gasteiger partial charge in [0.25, 0.3) is 0 Å². The van der Waals surface area contributed by atoms with Crippen LogP contribution in [0, 0.1) is 5.41 Å². The average Bonchev–Trinajstić information content (AvgIpc) is 2.97. The minimum Gasteiger partial charge on any atom is -0.480 e. The molecule has 1 atom stereocenters. The number of hydrogen-bond acceptors (Lipinski definition) is 4.